The summed E-state index contributed by atoms with van der Waals surface area (Å²) in [5, 5.41) is 13.0. The van der Waals surface area contributed by atoms with Crippen LogP contribution in [0.5, 0.6) is 0 Å². The lowest BCUT2D eigenvalue weighted by Crippen LogP contribution is -2.50. The van der Waals surface area contributed by atoms with Crippen molar-refractivity contribution >= 4 is 0 Å². The highest BCUT2D eigenvalue weighted by atomic mass is 16.3. The average molecular weight is 241 g/mol. The molecule has 0 radical (unpaired) electrons. The third kappa shape index (κ3) is 4.26. The first-order valence-electron chi connectivity index (χ1n) is 7.23. The Balaban J connectivity index is 2.60. The van der Waals surface area contributed by atoms with E-state index in [-0.39, 0.29) is 12.0 Å². The van der Waals surface area contributed by atoms with Crippen LogP contribution < -0.4 is 5.32 Å². The molecule has 0 aliphatic heterocycles. The Morgan fingerprint density at radius 2 is 1.88 bits per heavy atom. The summed E-state index contributed by atoms with van der Waals surface area (Å²) in [6, 6.07) is 1.06. The van der Waals surface area contributed by atoms with Gasteiger partial charge in [0.1, 0.15) is 0 Å². The lowest BCUT2D eigenvalue weighted by molar-refractivity contribution is 0.136. The van der Waals surface area contributed by atoms with Crippen molar-refractivity contribution in [2.45, 2.75) is 72.4 Å². The van der Waals surface area contributed by atoms with E-state index >= 15 is 0 Å². The summed E-state index contributed by atoms with van der Waals surface area (Å²) in [5.41, 5.74) is 0.225. The molecule has 102 valence electrons. The zero-order valence-electron chi connectivity index (χ0n) is 12.3. The van der Waals surface area contributed by atoms with Gasteiger partial charge in [0.05, 0.1) is 0 Å². The molecule has 0 aromatic carbocycles. The third-order valence-electron chi connectivity index (χ3n) is 4.59. The van der Waals surface area contributed by atoms with Crippen LogP contribution in [0.2, 0.25) is 0 Å². The molecule has 1 aliphatic carbocycles. The molecule has 2 nitrogen and oxygen atoms in total. The molecule has 0 spiro atoms. The molecule has 0 bridgehead atoms. The largest absolute Gasteiger partial charge is 0.396 e. The summed E-state index contributed by atoms with van der Waals surface area (Å²) >= 11 is 0. The molecule has 1 aliphatic rings. The minimum atomic E-state index is 0.225. The maximum atomic E-state index is 9.21. The van der Waals surface area contributed by atoms with E-state index in [1.807, 2.05) is 0 Å². The quantitative estimate of drug-likeness (QED) is 0.792. The molecule has 17 heavy (non-hydrogen) atoms. The highest BCUT2D eigenvalue weighted by Crippen LogP contribution is 2.31. The number of rotatable bonds is 4. The molecule has 1 fully saturated rings. The maximum absolute atomic E-state index is 9.21. The highest BCUT2D eigenvalue weighted by Gasteiger charge is 2.32. The summed E-state index contributed by atoms with van der Waals surface area (Å²) in [4.78, 5) is 0. The van der Waals surface area contributed by atoms with E-state index in [0.29, 0.717) is 12.1 Å². The van der Waals surface area contributed by atoms with Gasteiger partial charge in [-0.15, -0.1) is 0 Å². The molecule has 2 N–H and O–H groups in total. The van der Waals surface area contributed by atoms with Gasteiger partial charge in [0.2, 0.25) is 0 Å². The summed E-state index contributed by atoms with van der Waals surface area (Å²) in [7, 11) is 0. The van der Waals surface area contributed by atoms with Crippen molar-refractivity contribution in [1.82, 2.24) is 5.32 Å². The SMILES string of the molecule is C[C@H]1[C@H](C)CCC[C@@H]1N[C@H](CCO)C(C)(C)C. The van der Waals surface area contributed by atoms with E-state index in [4.69, 9.17) is 0 Å². The van der Waals surface area contributed by atoms with Crippen LogP contribution >= 0.6 is 0 Å². The molecule has 0 heterocycles. The van der Waals surface area contributed by atoms with Gasteiger partial charge in [-0.2, -0.15) is 0 Å². The van der Waals surface area contributed by atoms with Crippen molar-refractivity contribution in [3.8, 4) is 0 Å². The Bertz CT molecular complexity index is 221. The van der Waals surface area contributed by atoms with E-state index in [1.165, 1.54) is 19.3 Å². The average Bonchev–Trinajstić information content (AvgIpc) is 2.22. The second-order valence-electron chi connectivity index (χ2n) is 6.97. The van der Waals surface area contributed by atoms with Crippen LogP contribution in [0.3, 0.4) is 0 Å². The topological polar surface area (TPSA) is 32.3 Å². The summed E-state index contributed by atoms with van der Waals surface area (Å²) in [6.07, 6.45) is 4.88. The van der Waals surface area contributed by atoms with Gasteiger partial charge >= 0.3 is 0 Å². The first-order valence-corrected chi connectivity index (χ1v) is 7.23. The van der Waals surface area contributed by atoms with Crippen LogP contribution in [0, 0.1) is 17.3 Å². The number of aliphatic hydroxyl groups is 1. The maximum Gasteiger partial charge on any atom is 0.0446 e. The van der Waals surface area contributed by atoms with Gasteiger partial charge in [0.25, 0.3) is 0 Å². The molecule has 0 aromatic rings. The summed E-state index contributed by atoms with van der Waals surface area (Å²) in [6.45, 7) is 11.8. The van der Waals surface area contributed by atoms with Gasteiger partial charge in [-0.3, -0.25) is 0 Å². The fraction of sp³-hybridized carbons (Fsp3) is 1.00. The lowest BCUT2D eigenvalue weighted by atomic mass is 9.76. The summed E-state index contributed by atoms with van der Waals surface area (Å²) in [5.74, 6) is 1.59. The molecule has 0 aromatic heterocycles. The van der Waals surface area contributed by atoms with Crippen LogP contribution in [0.15, 0.2) is 0 Å². The fourth-order valence-corrected chi connectivity index (χ4v) is 2.97. The Hall–Kier alpha value is -0.0800. The predicted molar refractivity (Wildman–Crippen MR) is 74.0 cm³/mol. The van der Waals surface area contributed by atoms with Crippen LogP contribution in [0.25, 0.3) is 0 Å². The fourth-order valence-electron chi connectivity index (χ4n) is 2.97. The van der Waals surface area contributed by atoms with E-state index in [0.717, 1.165) is 18.3 Å². The van der Waals surface area contributed by atoms with Crippen molar-refractivity contribution < 1.29 is 5.11 Å². The van der Waals surface area contributed by atoms with Crippen molar-refractivity contribution in [1.29, 1.82) is 0 Å². The van der Waals surface area contributed by atoms with Crippen LogP contribution in [0.1, 0.15) is 60.3 Å². The van der Waals surface area contributed by atoms with Crippen molar-refractivity contribution in [2.75, 3.05) is 6.61 Å². The second kappa shape index (κ2) is 6.19. The molecule has 0 saturated heterocycles. The van der Waals surface area contributed by atoms with Crippen molar-refractivity contribution in [3.63, 3.8) is 0 Å². The number of nitrogens with one attached hydrogen (secondary N) is 1. The van der Waals surface area contributed by atoms with Gasteiger partial charge in [-0.1, -0.05) is 47.5 Å². The monoisotopic (exact) mass is 241 g/mol. The molecule has 2 heteroatoms. The van der Waals surface area contributed by atoms with E-state index in [1.54, 1.807) is 0 Å². The minimum absolute atomic E-state index is 0.225. The van der Waals surface area contributed by atoms with Crippen LogP contribution in [-0.4, -0.2) is 23.8 Å². The zero-order valence-corrected chi connectivity index (χ0v) is 12.3. The molecule has 0 amide bonds. The minimum Gasteiger partial charge on any atom is -0.396 e. The normalized spacial score (nSPS) is 32.5. The van der Waals surface area contributed by atoms with Gasteiger partial charge in [-0.05, 0) is 30.1 Å². The molecule has 0 unspecified atom stereocenters. The van der Waals surface area contributed by atoms with Gasteiger partial charge < -0.3 is 10.4 Å². The first kappa shape index (κ1) is 15.0. The number of hydrogen-bond acceptors (Lipinski definition) is 2. The van der Waals surface area contributed by atoms with E-state index in [9.17, 15) is 5.11 Å². The highest BCUT2D eigenvalue weighted by molar-refractivity contribution is 4.88. The van der Waals surface area contributed by atoms with E-state index < -0.39 is 0 Å². The summed E-state index contributed by atoms with van der Waals surface area (Å²) < 4.78 is 0. The predicted octanol–water partition coefficient (Wildman–Crippen LogP) is 3.20. The molecule has 4 atom stereocenters. The Labute approximate surface area is 107 Å². The molecular formula is C15H31NO. The smallest absolute Gasteiger partial charge is 0.0446 e. The van der Waals surface area contributed by atoms with E-state index in [2.05, 4.69) is 39.9 Å². The first-order chi connectivity index (χ1) is 7.86. The van der Waals surface area contributed by atoms with Gasteiger partial charge in [-0.25, -0.2) is 0 Å². The van der Waals surface area contributed by atoms with Crippen LogP contribution in [-0.2, 0) is 0 Å². The second-order valence-corrected chi connectivity index (χ2v) is 6.97. The Morgan fingerprint density at radius 3 is 2.41 bits per heavy atom. The molecular weight excluding hydrogens is 210 g/mol. The number of aliphatic hydroxyl groups excluding tert-OH is 1. The van der Waals surface area contributed by atoms with Gasteiger partial charge in [0, 0.05) is 18.7 Å². The van der Waals surface area contributed by atoms with Crippen molar-refractivity contribution in [2.24, 2.45) is 17.3 Å². The Kier molecular flexibility index (Phi) is 5.46. The molecule has 1 saturated carbocycles. The zero-order chi connectivity index (χ0) is 13.1. The Morgan fingerprint density at radius 1 is 1.24 bits per heavy atom. The standard InChI is InChI=1S/C15H31NO/c1-11-7-6-8-13(12(11)2)16-14(9-10-17)15(3,4)5/h11-14,16-17H,6-10H2,1-5H3/t11-,12+,13+,14-/m1/s1. The van der Waals surface area contributed by atoms with Gasteiger partial charge in [0.15, 0.2) is 0 Å². The third-order valence-corrected chi connectivity index (χ3v) is 4.59. The van der Waals surface area contributed by atoms with Crippen molar-refractivity contribution in [3.05, 3.63) is 0 Å². The lowest BCUT2D eigenvalue weighted by Gasteiger charge is -2.41. The van der Waals surface area contributed by atoms with Crippen LogP contribution in [0.4, 0.5) is 0 Å². The molecule has 1 rings (SSSR count). The number of hydrogen-bond donors (Lipinski definition) is 2.